The van der Waals surface area contributed by atoms with Crippen LogP contribution in [0.15, 0.2) is 0 Å². The van der Waals surface area contributed by atoms with Gasteiger partial charge in [-0.15, -0.1) is 11.6 Å². The average Bonchev–Trinajstić information content (AvgIpc) is 2.19. The molecule has 1 amide bonds. The number of hydrogen-bond acceptors (Lipinski definition) is 2. The summed E-state index contributed by atoms with van der Waals surface area (Å²) >= 11 is 5.60. The molecule has 1 rings (SSSR count). The van der Waals surface area contributed by atoms with Crippen LogP contribution in [-0.4, -0.2) is 31.0 Å². The van der Waals surface area contributed by atoms with Gasteiger partial charge >= 0.3 is 0 Å². The molecule has 13 heavy (non-hydrogen) atoms. The van der Waals surface area contributed by atoms with E-state index >= 15 is 0 Å². The number of nitrogens with one attached hydrogen (secondary N) is 1. The molecule has 76 valence electrons. The molecular formula is C9H16ClNO2. The lowest BCUT2D eigenvalue weighted by molar-refractivity contribution is -0.128. The molecule has 0 bridgehead atoms. The summed E-state index contributed by atoms with van der Waals surface area (Å²) in [5, 5.41) is 2.87. The Labute approximate surface area is 83.8 Å². The van der Waals surface area contributed by atoms with E-state index in [1.54, 1.807) is 0 Å². The highest BCUT2D eigenvalue weighted by Gasteiger charge is 2.22. The maximum Gasteiger partial charge on any atom is 0.223 e. The van der Waals surface area contributed by atoms with Crippen molar-refractivity contribution in [3.63, 3.8) is 0 Å². The van der Waals surface area contributed by atoms with Crippen LogP contribution in [0.3, 0.4) is 0 Å². The van der Waals surface area contributed by atoms with Crippen LogP contribution >= 0.6 is 11.6 Å². The van der Waals surface area contributed by atoms with Crippen LogP contribution in [-0.2, 0) is 9.53 Å². The first kappa shape index (κ1) is 10.8. The van der Waals surface area contributed by atoms with Gasteiger partial charge in [-0.05, 0) is 19.8 Å². The van der Waals surface area contributed by atoms with E-state index in [9.17, 15) is 4.79 Å². The molecule has 3 nitrogen and oxygen atoms in total. The molecule has 1 N–H and O–H groups in total. The molecule has 1 aliphatic rings. The van der Waals surface area contributed by atoms with E-state index in [2.05, 4.69) is 5.32 Å². The number of alkyl halides is 1. The van der Waals surface area contributed by atoms with Crippen LogP contribution in [0.5, 0.6) is 0 Å². The predicted molar refractivity (Wildman–Crippen MR) is 51.9 cm³/mol. The van der Waals surface area contributed by atoms with Crippen LogP contribution in [0.2, 0.25) is 0 Å². The highest BCUT2D eigenvalue weighted by molar-refractivity contribution is 6.18. The summed E-state index contributed by atoms with van der Waals surface area (Å²) in [4.78, 5) is 11.5. The molecule has 0 spiro atoms. The van der Waals surface area contributed by atoms with Crippen molar-refractivity contribution in [2.75, 3.05) is 19.1 Å². The van der Waals surface area contributed by atoms with Gasteiger partial charge < -0.3 is 10.1 Å². The Balaban J connectivity index is 2.29. The van der Waals surface area contributed by atoms with Gasteiger partial charge in [-0.25, -0.2) is 0 Å². The minimum Gasteiger partial charge on any atom is -0.381 e. The van der Waals surface area contributed by atoms with Crippen LogP contribution in [0.1, 0.15) is 19.8 Å². The molecule has 0 aromatic heterocycles. The topological polar surface area (TPSA) is 38.3 Å². The second kappa shape index (κ2) is 5.45. The molecule has 0 aromatic carbocycles. The largest absolute Gasteiger partial charge is 0.381 e. The highest BCUT2D eigenvalue weighted by atomic mass is 35.5. The lowest BCUT2D eigenvalue weighted by atomic mass is 9.99. The first-order valence-corrected chi connectivity index (χ1v) is 5.21. The molecule has 0 aliphatic carbocycles. The second-order valence-corrected chi connectivity index (χ2v) is 3.76. The highest BCUT2D eigenvalue weighted by Crippen LogP contribution is 2.14. The van der Waals surface area contributed by atoms with Crippen LogP contribution < -0.4 is 5.32 Å². The monoisotopic (exact) mass is 205 g/mol. The predicted octanol–water partition coefficient (Wildman–Crippen LogP) is 1.16. The fourth-order valence-corrected chi connectivity index (χ4v) is 1.44. The third kappa shape index (κ3) is 3.53. The van der Waals surface area contributed by atoms with E-state index in [0.717, 1.165) is 12.8 Å². The minimum absolute atomic E-state index is 0.0667. The van der Waals surface area contributed by atoms with Gasteiger partial charge in [0.2, 0.25) is 5.91 Å². The molecule has 0 saturated carbocycles. The van der Waals surface area contributed by atoms with Crippen molar-refractivity contribution in [1.29, 1.82) is 0 Å². The lowest BCUT2D eigenvalue weighted by Gasteiger charge is -2.22. The summed E-state index contributed by atoms with van der Waals surface area (Å²) in [7, 11) is 0. The Morgan fingerprint density at radius 2 is 2.23 bits per heavy atom. The number of ether oxygens (including phenoxy) is 1. The Bertz CT molecular complexity index is 169. The van der Waals surface area contributed by atoms with Crippen molar-refractivity contribution in [2.24, 2.45) is 5.92 Å². The fourth-order valence-electron chi connectivity index (χ4n) is 1.36. The Kier molecular flexibility index (Phi) is 4.53. The van der Waals surface area contributed by atoms with Crippen molar-refractivity contribution in [3.05, 3.63) is 0 Å². The van der Waals surface area contributed by atoms with Gasteiger partial charge in [0, 0.05) is 31.1 Å². The van der Waals surface area contributed by atoms with Crippen molar-refractivity contribution >= 4 is 17.5 Å². The molecular weight excluding hydrogens is 190 g/mol. The summed E-state index contributed by atoms with van der Waals surface area (Å²) in [6, 6.07) is 0.0667. The Morgan fingerprint density at radius 3 is 2.77 bits per heavy atom. The minimum atomic E-state index is 0.0667. The number of carbonyl (C=O) groups is 1. The summed E-state index contributed by atoms with van der Waals surface area (Å²) in [6.45, 7) is 3.31. The van der Waals surface area contributed by atoms with Gasteiger partial charge in [0.25, 0.3) is 0 Å². The summed E-state index contributed by atoms with van der Waals surface area (Å²) in [5.41, 5.74) is 0. The van der Waals surface area contributed by atoms with Crippen LogP contribution in [0, 0.1) is 5.92 Å². The fraction of sp³-hybridized carbons (Fsp3) is 0.889. The molecule has 0 radical (unpaired) electrons. The Hall–Kier alpha value is -0.280. The third-order valence-electron chi connectivity index (χ3n) is 2.21. The zero-order valence-electron chi connectivity index (χ0n) is 7.88. The summed E-state index contributed by atoms with van der Waals surface area (Å²) < 4.78 is 5.18. The van der Waals surface area contributed by atoms with Gasteiger partial charge in [-0.2, -0.15) is 0 Å². The lowest BCUT2D eigenvalue weighted by Crippen LogP contribution is -2.40. The van der Waals surface area contributed by atoms with Crippen LogP contribution in [0.25, 0.3) is 0 Å². The molecule has 1 atom stereocenters. The van der Waals surface area contributed by atoms with E-state index in [1.165, 1.54) is 0 Å². The number of carbonyl (C=O) groups excluding carboxylic acids is 1. The summed E-state index contributed by atoms with van der Waals surface area (Å²) in [6.07, 6.45) is 1.67. The van der Waals surface area contributed by atoms with Crippen LogP contribution in [0.4, 0.5) is 0 Å². The van der Waals surface area contributed by atoms with E-state index in [1.807, 2.05) is 6.92 Å². The third-order valence-corrected chi connectivity index (χ3v) is 2.68. The van der Waals surface area contributed by atoms with Gasteiger partial charge in [0.05, 0.1) is 0 Å². The first-order valence-electron chi connectivity index (χ1n) is 4.68. The molecule has 1 aliphatic heterocycles. The van der Waals surface area contributed by atoms with Gasteiger partial charge in [-0.3, -0.25) is 4.79 Å². The van der Waals surface area contributed by atoms with Crippen molar-refractivity contribution in [3.8, 4) is 0 Å². The van der Waals surface area contributed by atoms with E-state index in [0.29, 0.717) is 19.1 Å². The number of rotatable bonds is 3. The number of halogens is 1. The molecule has 4 heteroatoms. The van der Waals surface area contributed by atoms with Crippen molar-refractivity contribution < 1.29 is 9.53 Å². The molecule has 0 aromatic rings. The zero-order chi connectivity index (χ0) is 9.68. The zero-order valence-corrected chi connectivity index (χ0v) is 8.64. The molecule has 1 fully saturated rings. The first-order chi connectivity index (χ1) is 6.24. The van der Waals surface area contributed by atoms with E-state index in [-0.39, 0.29) is 17.9 Å². The average molecular weight is 206 g/mol. The van der Waals surface area contributed by atoms with Crippen molar-refractivity contribution in [2.45, 2.75) is 25.8 Å². The molecule has 1 saturated heterocycles. The SMILES string of the molecule is CC(CCl)NC(=O)C1CCOCC1. The Morgan fingerprint density at radius 1 is 1.62 bits per heavy atom. The smallest absolute Gasteiger partial charge is 0.223 e. The van der Waals surface area contributed by atoms with Crippen molar-refractivity contribution in [1.82, 2.24) is 5.32 Å². The molecule has 1 unspecified atom stereocenters. The maximum atomic E-state index is 11.5. The van der Waals surface area contributed by atoms with Gasteiger partial charge in [0.1, 0.15) is 0 Å². The number of amides is 1. The van der Waals surface area contributed by atoms with Gasteiger partial charge in [0.15, 0.2) is 0 Å². The van der Waals surface area contributed by atoms with E-state index in [4.69, 9.17) is 16.3 Å². The normalized spacial score (nSPS) is 21.1. The maximum absolute atomic E-state index is 11.5. The van der Waals surface area contributed by atoms with Gasteiger partial charge in [-0.1, -0.05) is 0 Å². The number of hydrogen-bond donors (Lipinski definition) is 1. The quantitative estimate of drug-likeness (QED) is 0.703. The standard InChI is InChI=1S/C9H16ClNO2/c1-7(6-10)11-9(12)8-2-4-13-5-3-8/h7-8H,2-6H2,1H3,(H,11,12). The molecule has 1 heterocycles. The summed E-state index contributed by atoms with van der Waals surface area (Å²) in [5.74, 6) is 0.713. The van der Waals surface area contributed by atoms with E-state index < -0.39 is 0 Å². The second-order valence-electron chi connectivity index (χ2n) is 3.45.